The van der Waals surface area contributed by atoms with Gasteiger partial charge in [-0.3, -0.25) is 0 Å². The van der Waals surface area contributed by atoms with Gasteiger partial charge in [0.25, 0.3) is 0 Å². The molecule has 0 fully saturated rings. The van der Waals surface area contributed by atoms with Crippen molar-refractivity contribution in [3.8, 4) is 16.9 Å². The first-order valence-corrected chi connectivity index (χ1v) is 5.26. The van der Waals surface area contributed by atoms with Gasteiger partial charge in [-0.25, -0.2) is 0 Å². The summed E-state index contributed by atoms with van der Waals surface area (Å²) in [5.41, 5.74) is 4.13. The van der Waals surface area contributed by atoms with Gasteiger partial charge in [0.15, 0.2) is 0 Å². The zero-order chi connectivity index (χ0) is 11.1. The number of hydrogen-bond acceptors (Lipinski definition) is 2. The Bertz CT molecular complexity index is 546. The van der Waals surface area contributed by atoms with Gasteiger partial charge in [-0.1, -0.05) is 30.3 Å². The maximum Gasteiger partial charge on any atom is 0.119 e. The summed E-state index contributed by atoms with van der Waals surface area (Å²) in [6, 6.07) is 13.8. The molecule has 2 aromatic rings. The molecule has 2 heteroatoms. The van der Waals surface area contributed by atoms with Gasteiger partial charge < -0.3 is 9.84 Å². The van der Waals surface area contributed by atoms with Crippen LogP contribution in [0.15, 0.2) is 42.5 Å². The highest BCUT2D eigenvalue weighted by Crippen LogP contribution is 2.44. The number of rotatable bonds is 1. The van der Waals surface area contributed by atoms with Crippen LogP contribution in [0.2, 0.25) is 0 Å². The first kappa shape index (κ1) is 9.43. The molecule has 0 bridgehead atoms. The van der Waals surface area contributed by atoms with E-state index in [0.29, 0.717) is 0 Å². The lowest BCUT2D eigenvalue weighted by Crippen LogP contribution is -1.94. The predicted octanol–water partition coefficient (Wildman–Crippen LogP) is 2.76. The second-order valence-electron chi connectivity index (χ2n) is 3.94. The predicted molar refractivity (Wildman–Crippen MR) is 62.5 cm³/mol. The minimum absolute atomic E-state index is 0.527. The molecule has 2 nitrogen and oxygen atoms in total. The van der Waals surface area contributed by atoms with Crippen LogP contribution in [0, 0.1) is 0 Å². The second-order valence-corrected chi connectivity index (χ2v) is 3.94. The largest absolute Gasteiger partial charge is 0.497 e. The van der Waals surface area contributed by atoms with Crippen molar-refractivity contribution >= 4 is 0 Å². The fourth-order valence-electron chi connectivity index (χ4n) is 2.29. The zero-order valence-electron chi connectivity index (χ0n) is 8.97. The number of ether oxygens (including phenoxy) is 1. The highest BCUT2D eigenvalue weighted by molar-refractivity contribution is 5.78. The molecule has 3 rings (SSSR count). The van der Waals surface area contributed by atoms with Crippen LogP contribution < -0.4 is 4.74 Å². The first-order chi connectivity index (χ1) is 7.81. The number of methoxy groups -OCH3 is 1. The topological polar surface area (TPSA) is 29.5 Å². The van der Waals surface area contributed by atoms with Crippen molar-refractivity contribution in [2.24, 2.45) is 0 Å². The Morgan fingerprint density at radius 3 is 2.56 bits per heavy atom. The quantitative estimate of drug-likeness (QED) is 0.787. The van der Waals surface area contributed by atoms with Crippen molar-refractivity contribution in [1.82, 2.24) is 0 Å². The highest BCUT2D eigenvalue weighted by atomic mass is 16.5. The van der Waals surface area contributed by atoms with Crippen LogP contribution in [0.5, 0.6) is 5.75 Å². The number of aliphatic hydroxyl groups is 1. The van der Waals surface area contributed by atoms with Gasteiger partial charge in [0.1, 0.15) is 11.9 Å². The summed E-state index contributed by atoms with van der Waals surface area (Å²) in [6.07, 6.45) is -0.527. The normalized spacial score (nSPS) is 16.8. The molecule has 1 atom stereocenters. The molecule has 1 unspecified atom stereocenters. The summed E-state index contributed by atoms with van der Waals surface area (Å²) in [6.45, 7) is 0. The number of benzene rings is 2. The van der Waals surface area contributed by atoms with Gasteiger partial charge in [0.2, 0.25) is 0 Å². The lowest BCUT2D eigenvalue weighted by atomic mass is 10.1. The lowest BCUT2D eigenvalue weighted by molar-refractivity contribution is 0.224. The van der Waals surface area contributed by atoms with Gasteiger partial charge in [-0.05, 0) is 34.4 Å². The monoisotopic (exact) mass is 212 g/mol. The standard InChI is InChI=1S/C14H12O2/c1-16-9-6-7-11-10-4-2-3-5-12(10)14(15)13(11)8-9/h2-8,14-15H,1H3. The number of hydrogen-bond donors (Lipinski definition) is 1. The molecule has 2 aromatic carbocycles. The SMILES string of the molecule is COc1ccc2c(c1)C(O)c1ccccc1-2. The molecule has 1 N–H and O–H groups in total. The van der Waals surface area contributed by atoms with Crippen LogP contribution in [0.25, 0.3) is 11.1 Å². The van der Waals surface area contributed by atoms with Crippen LogP contribution in [0.4, 0.5) is 0 Å². The molecule has 16 heavy (non-hydrogen) atoms. The zero-order valence-corrected chi connectivity index (χ0v) is 8.97. The fraction of sp³-hybridized carbons (Fsp3) is 0.143. The Balaban J connectivity index is 2.24. The molecule has 1 aliphatic carbocycles. The van der Waals surface area contributed by atoms with Crippen molar-refractivity contribution < 1.29 is 9.84 Å². The van der Waals surface area contributed by atoms with E-state index in [0.717, 1.165) is 28.0 Å². The van der Waals surface area contributed by atoms with Crippen molar-refractivity contribution in [3.05, 3.63) is 53.6 Å². The van der Waals surface area contributed by atoms with E-state index in [2.05, 4.69) is 0 Å². The first-order valence-electron chi connectivity index (χ1n) is 5.26. The maximum absolute atomic E-state index is 10.2. The summed E-state index contributed by atoms with van der Waals surface area (Å²) in [7, 11) is 1.64. The third kappa shape index (κ3) is 1.17. The molecule has 0 saturated heterocycles. The minimum Gasteiger partial charge on any atom is -0.497 e. The molecule has 80 valence electrons. The van der Waals surface area contributed by atoms with Crippen LogP contribution in [-0.2, 0) is 0 Å². The van der Waals surface area contributed by atoms with E-state index < -0.39 is 6.10 Å². The maximum atomic E-state index is 10.2. The molecule has 0 heterocycles. The van der Waals surface area contributed by atoms with E-state index in [4.69, 9.17) is 4.74 Å². The number of aliphatic hydroxyl groups excluding tert-OH is 1. The van der Waals surface area contributed by atoms with Gasteiger partial charge in [-0.2, -0.15) is 0 Å². The van der Waals surface area contributed by atoms with Crippen LogP contribution in [0.3, 0.4) is 0 Å². The summed E-state index contributed by atoms with van der Waals surface area (Å²) in [5, 5.41) is 10.2. The second kappa shape index (κ2) is 3.35. The van der Waals surface area contributed by atoms with Crippen molar-refractivity contribution in [2.45, 2.75) is 6.10 Å². The molecule has 0 saturated carbocycles. The average molecular weight is 212 g/mol. The van der Waals surface area contributed by atoms with E-state index in [9.17, 15) is 5.11 Å². The summed E-state index contributed by atoms with van der Waals surface area (Å²) >= 11 is 0. The average Bonchev–Trinajstić information content (AvgIpc) is 2.64. The van der Waals surface area contributed by atoms with Crippen molar-refractivity contribution in [3.63, 3.8) is 0 Å². The van der Waals surface area contributed by atoms with E-state index in [1.165, 1.54) is 0 Å². The molecule has 0 aliphatic heterocycles. The van der Waals surface area contributed by atoms with E-state index in [1.807, 2.05) is 42.5 Å². The Hall–Kier alpha value is -1.80. The summed E-state index contributed by atoms with van der Waals surface area (Å²) < 4.78 is 5.18. The van der Waals surface area contributed by atoms with E-state index in [-0.39, 0.29) is 0 Å². The smallest absolute Gasteiger partial charge is 0.119 e. The van der Waals surface area contributed by atoms with Gasteiger partial charge in [0.05, 0.1) is 7.11 Å². The Morgan fingerprint density at radius 1 is 1.00 bits per heavy atom. The lowest BCUT2D eigenvalue weighted by Gasteiger charge is -2.06. The minimum atomic E-state index is -0.527. The molecular weight excluding hydrogens is 200 g/mol. The van der Waals surface area contributed by atoms with Gasteiger partial charge >= 0.3 is 0 Å². The highest BCUT2D eigenvalue weighted by Gasteiger charge is 2.26. The van der Waals surface area contributed by atoms with Crippen molar-refractivity contribution in [1.29, 1.82) is 0 Å². The third-order valence-corrected chi connectivity index (χ3v) is 3.10. The summed E-state index contributed by atoms with van der Waals surface area (Å²) in [4.78, 5) is 0. The molecule has 0 aromatic heterocycles. The summed E-state index contributed by atoms with van der Waals surface area (Å²) in [5.74, 6) is 0.783. The van der Waals surface area contributed by atoms with Gasteiger partial charge in [0, 0.05) is 0 Å². The van der Waals surface area contributed by atoms with Gasteiger partial charge in [-0.15, -0.1) is 0 Å². The third-order valence-electron chi connectivity index (χ3n) is 3.10. The van der Waals surface area contributed by atoms with Crippen molar-refractivity contribution in [2.75, 3.05) is 7.11 Å². The van der Waals surface area contributed by atoms with Crippen LogP contribution >= 0.6 is 0 Å². The molecule has 1 aliphatic rings. The molecule has 0 spiro atoms. The van der Waals surface area contributed by atoms with Crippen LogP contribution in [-0.4, -0.2) is 12.2 Å². The van der Waals surface area contributed by atoms with E-state index in [1.54, 1.807) is 7.11 Å². The fourth-order valence-corrected chi connectivity index (χ4v) is 2.29. The Morgan fingerprint density at radius 2 is 1.75 bits per heavy atom. The Kier molecular flexibility index (Phi) is 1.98. The van der Waals surface area contributed by atoms with E-state index >= 15 is 0 Å². The Labute approximate surface area is 94.1 Å². The molecular formula is C14H12O2. The molecule has 0 radical (unpaired) electrons. The molecule has 0 amide bonds. The number of fused-ring (bicyclic) bond motifs is 3. The van der Waals surface area contributed by atoms with Crippen LogP contribution in [0.1, 0.15) is 17.2 Å².